The summed E-state index contributed by atoms with van der Waals surface area (Å²) in [7, 11) is 2.12. The highest BCUT2D eigenvalue weighted by Crippen LogP contribution is 2.29. The van der Waals surface area contributed by atoms with Gasteiger partial charge in [0.05, 0.1) is 24.3 Å². The van der Waals surface area contributed by atoms with E-state index < -0.39 is 0 Å². The highest BCUT2D eigenvalue weighted by molar-refractivity contribution is 6.31. The summed E-state index contributed by atoms with van der Waals surface area (Å²) in [6, 6.07) is 2.68. The van der Waals surface area contributed by atoms with Crippen LogP contribution < -0.4 is 0 Å². The molecular formula is C15H18ClN3O. The lowest BCUT2D eigenvalue weighted by molar-refractivity contribution is -0.0634. The zero-order chi connectivity index (χ0) is 13.7. The molecule has 4 heterocycles. The number of hydrogen-bond acceptors (Lipinski definition) is 3. The van der Waals surface area contributed by atoms with Crippen molar-refractivity contribution in [1.29, 1.82) is 0 Å². The Morgan fingerprint density at radius 3 is 2.85 bits per heavy atom. The number of aromatic nitrogens is 2. The fourth-order valence-electron chi connectivity index (χ4n) is 3.42. The second-order valence-electron chi connectivity index (χ2n) is 5.74. The third-order valence-corrected chi connectivity index (χ3v) is 4.86. The standard InChI is InChI=1S/C15H18ClN3O/c1-18-14-3-5-19(11-8-20-9-11)4-2-12(14)13-6-10(16)7-17-15(13)18/h6-7,11H,2-5,8-9H2,1H3. The van der Waals surface area contributed by atoms with Gasteiger partial charge in [0.2, 0.25) is 0 Å². The quantitative estimate of drug-likeness (QED) is 0.805. The lowest BCUT2D eigenvalue weighted by Gasteiger charge is -2.36. The Morgan fingerprint density at radius 1 is 1.30 bits per heavy atom. The predicted molar refractivity (Wildman–Crippen MR) is 79.3 cm³/mol. The van der Waals surface area contributed by atoms with Crippen LogP contribution in [0.2, 0.25) is 5.02 Å². The zero-order valence-electron chi connectivity index (χ0n) is 11.6. The molecule has 0 amide bonds. The van der Waals surface area contributed by atoms with Crippen LogP contribution in [0.25, 0.3) is 11.0 Å². The number of rotatable bonds is 1. The highest BCUT2D eigenvalue weighted by atomic mass is 35.5. The summed E-state index contributed by atoms with van der Waals surface area (Å²) in [4.78, 5) is 7.06. The number of fused-ring (bicyclic) bond motifs is 3. The molecule has 0 atom stereocenters. The van der Waals surface area contributed by atoms with E-state index in [0.717, 1.165) is 49.8 Å². The van der Waals surface area contributed by atoms with Crippen LogP contribution in [0.4, 0.5) is 0 Å². The van der Waals surface area contributed by atoms with Crippen molar-refractivity contribution in [2.45, 2.75) is 18.9 Å². The average Bonchev–Trinajstić information content (AvgIpc) is 2.53. The molecule has 1 saturated heterocycles. The largest absolute Gasteiger partial charge is 0.378 e. The van der Waals surface area contributed by atoms with Crippen LogP contribution in [-0.4, -0.2) is 46.8 Å². The number of pyridine rings is 1. The summed E-state index contributed by atoms with van der Waals surface area (Å²) < 4.78 is 7.56. The van der Waals surface area contributed by atoms with Gasteiger partial charge in [0.1, 0.15) is 5.65 Å². The Hall–Kier alpha value is -1.10. The Labute approximate surface area is 123 Å². The molecule has 2 aromatic heterocycles. The van der Waals surface area contributed by atoms with Crippen molar-refractivity contribution in [2.24, 2.45) is 7.05 Å². The molecule has 0 spiro atoms. The maximum Gasteiger partial charge on any atom is 0.140 e. The first kappa shape index (κ1) is 12.6. The summed E-state index contributed by atoms with van der Waals surface area (Å²) in [5.41, 5.74) is 3.90. The van der Waals surface area contributed by atoms with E-state index in [1.165, 1.54) is 16.6 Å². The molecular weight excluding hydrogens is 274 g/mol. The maximum absolute atomic E-state index is 6.12. The van der Waals surface area contributed by atoms with E-state index in [1.807, 2.05) is 0 Å². The SMILES string of the molecule is Cn1c2c(c3cc(Cl)cnc31)CCN(C1COC1)CC2. The molecule has 20 heavy (non-hydrogen) atoms. The Kier molecular flexibility index (Phi) is 2.98. The van der Waals surface area contributed by atoms with Crippen LogP contribution >= 0.6 is 11.6 Å². The summed E-state index contributed by atoms with van der Waals surface area (Å²) in [6.07, 6.45) is 3.89. The molecule has 0 bridgehead atoms. The van der Waals surface area contributed by atoms with Crippen LogP contribution in [0, 0.1) is 0 Å². The van der Waals surface area contributed by atoms with Gasteiger partial charge in [-0.2, -0.15) is 0 Å². The molecule has 0 saturated carbocycles. The fraction of sp³-hybridized carbons (Fsp3) is 0.533. The highest BCUT2D eigenvalue weighted by Gasteiger charge is 2.29. The van der Waals surface area contributed by atoms with Crippen molar-refractivity contribution in [2.75, 3.05) is 26.3 Å². The monoisotopic (exact) mass is 291 g/mol. The first-order chi connectivity index (χ1) is 9.74. The molecule has 106 valence electrons. The number of halogens is 1. The molecule has 0 unspecified atom stereocenters. The van der Waals surface area contributed by atoms with Gasteiger partial charge in [0, 0.05) is 43.8 Å². The van der Waals surface area contributed by atoms with Gasteiger partial charge >= 0.3 is 0 Å². The van der Waals surface area contributed by atoms with E-state index in [-0.39, 0.29) is 0 Å². The zero-order valence-corrected chi connectivity index (χ0v) is 12.4. The molecule has 4 nitrogen and oxygen atoms in total. The topological polar surface area (TPSA) is 30.3 Å². The van der Waals surface area contributed by atoms with E-state index in [0.29, 0.717) is 6.04 Å². The molecule has 2 aliphatic heterocycles. The minimum absolute atomic E-state index is 0.622. The average molecular weight is 292 g/mol. The normalized spacial score (nSPS) is 20.7. The van der Waals surface area contributed by atoms with Crippen molar-refractivity contribution in [3.63, 3.8) is 0 Å². The van der Waals surface area contributed by atoms with Gasteiger partial charge < -0.3 is 9.30 Å². The van der Waals surface area contributed by atoms with E-state index in [1.54, 1.807) is 6.20 Å². The van der Waals surface area contributed by atoms with Gasteiger partial charge in [-0.05, 0) is 18.1 Å². The van der Waals surface area contributed by atoms with Crippen LogP contribution in [0.5, 0.6) is 0 Å². The minimum Gasteiger partial charge on any atom is -0.378 e. The fourth-order valence-corrected chi connectivity index (χ4v) is 3.58. The van der Waals surface area contributed by atoms with Crippen LogP contribution in [0.15, 0.2) is 12.3 Å². The number of aryl methyl sites for hydroxylation is 1. The van der Waals surface area contributed by atoms with Gasteiger partial charge in [0.15, 0.2) is 0 Å². The van der Waals surface area contributed by atoms with Gasteiger partial charge in [-0.15, -0.1) is 0 Å². The Morgan fingerprint density at radius 2 is 2.10 bits per heavy atom. The lowest BCUT2D eigenvalue weighted by Crippen LogP contribution is -2.49. The summed E-state index contributed by atoms with van der Waals surface area (Å²) in [5, 5.41) is 1.95. The summed E-state index contributed by atoms with van der Waals surface area (Å²) in [6.45, 7) is 4.00. The summed E-state index contributed by atoms with van der Waals surface area (Å²) >= 11 is 6.12. The Bertz CT molecular complexity index is 663. The van der Waals surface area contributed by atoms with Crippen molar-refractivity contribution in [3.05, 3.63) is 28.5 Å². The van der Waals surface area contributed by atoms with E-state index in [4.69, 9.17) is 16.3 Å². The molecule has 0 radical (unpaired) electrons. The smallest absolute Gasteiger partial charge is 0.140 e. The number of hydrogen-bond donors (Lipinski definition) is 0. The molecule has 2 aliphatic rings. The van der Waals surface area contributed by atoms with Gasteiger partial charge in [0.25, 0.3) is 0 Å². The first-order valence-corrected chi connectivity index (χ1v) is 7.55. The van der Waals surface area contributed by atoms with E-state index >= 15 is 0 Å². The van der Waals surface area contributed by atoms with E-state index in [9.17, 15) is 0 Å². The lowest BCUT2D eigenvalue weighted by atomic mass is 10.1. The van der Waals surface area contributed by atoms with Crippen LogP contribution in [0.1, 0.15) is 11.3 Å². The molecule has 0 aromatic carbocycles. The van der Waals surface area contributed by atoms with Crippen LogP contribution in [-0.2, 0) is 24.6 Å². The molecule has 1 fully saturated rings. The Balaban J connectivity index is 1.73. The molecule has 0 N–H and O–H groups in total. The van der Waals surface area contributed by atoms with Crippen molar-refractivity contribution < 1.29 is 4.74 Å². The first-order valence-electron chi connectivity index (χ1n) is 7.17. The van der Waals surface area contributed by atoms with Crippen molar-refractivity contribution in [1.82, 2.24) is 14.5 Å². The molecule has 2 aromatic rings. The number of nitrogens with zero attached hydrogens (tertiary/aromatic N) is 3. The molecule has 4 rings (SSSR count). The van der Waals surface area contributed by atoms with Crippen molar-refractivity contribution >= 4 is 22.6 Å². The molecule has 0 aliphatic carbocycles. The van der Waals surface area contributed by atoms with Gasteiger partial charge in [-0.1, -0.05) is 11.6 Å². The maximum atomic E-state index is 6.12. The van der Waals surface area contributed by atoms with Gasteiger partial charge in [-0.3, -0.25) is 4.90 Å². The molecule has 5 heteroatoms. The van der Waals surface area contributed by atoms with E-state index in [2.05, 4.69) is 27.6 Å². The minimum atomic E-state index is 0.622. The second kappa shape index (κ2) is 4.72. The van der Waals surface area contributed by atoms with Gasteiger partial charge in [-0.25, -0.2) is 4.98 Å². The third kappa shape index (κ3) is 1.86. The summed E-state index contributed by atoms with van der Waals surface area (Å²) in [5.74, 6) is 0. The second-order valence-corrected chi connectivity index (χ2v) is 6.17. The van der Waals surface area contributed by atoms with Crippen LogP contribution in [0.3, 0.4) is 0 Å². The van der Waals surface area contributed by atoms with Crippen molar-refractivity contribution in [3.8, 4) is 0 Å². The predicted octanol–water partition coefficient (Wildman–Crippen LogP) is 2.03. The number of ether oxygens (including phenoxy) is 1. The third-order valence-electron chi connectivity index (χ3n) is 4.65.